The lowest BCUT2D eigenvalue weighted by Crippen LogP contribution is -2.50. The minimum Gasteiger partial charge on any atom is -0.392 e. The molecule has 3 rings (SSSR count). The van der Waals surface area contributed by atoms with Crippen LogP contribution in [0, 0.1) is 5.92 Å². The van der Waals surface area contributed by atoms with Crippen LogP contribution in [-0.2, 0) is 4.79 Å². The molecular formula is C21H26N2O2. The molecule has 1 aliphatic heterocycles. The number of hydrogen-bond donors (Lipinski definition) is 2. The zero-order valence-corrected chi connectivity index (χ0v) is 14.9. The zero-order valence-electron chi connectivity index (χ0n) is 14.9. The predicted molar refractivity (Wildman–Crippen MR) is 101 cm³/mol. The number of carbonyl (C=O) groups excluding carboxylic acids is 1. The second-order valence-electron chi connectivity index (χ2n) is 6.91. The second kappa shape index (κ2) is 7.81. The van der Waals surface area contributed by atoms with Crippen molar-refractivity contribution in [2.24, 2.45) is 5.92 Å². The van der Waals surface area contributed by atoms with Crippen molar-refractivity contribution in [1.82, 2.24) is 4.90 Å². The fraction of sp³-hybridized carbons (Fsp3) is 0.381. The molecule has 4 heteroatoms. The summed E-state index contributed by atoms with van der Waals surface area (Å²) in [4.78, 5) is 14.8. The van der Waals surface area contributed by atoms with Crippen molar-refractivity contribution in [2.75, 3.05) is 18.4 Å². The molecule has 2 aromatic rings. The van der Waals surface area contributed by atoms with Crippen molar-refractivity contribution in [3.05, 3.63) is 54.6 Å². The zero-order chi connectivity index (χ0) is 17.8. The summed E-state index contributed by atoms with van der Waals surface area (Å²) >= 11 is 0. The van der Waals surface area contributed by atoms with Gasteiger partial charge >= 0.3 is 0 Å². The van der Waals surface area contributed by atoms with E-state index in [2.05, 4.69) is 17.1 Å². The highest BCUT2D eigenvalue weighted by Gasteiger charge is 2.30. The molecule has 2 N–H and O–H groups in total. The minimum atomic E-state index is -0.361. The summed E-state index contributed by atoms with van der Waals surface area (Å²) in [6.07, 6.45) is 0.556. The summed E-state index contributed by atoms with van der Waals surface area (Å²) in [5.74, 6) is 0.260. The number of rotatable bonds is 4. The van der Waals surface area contributed by atoms with Crippen molar-refractivity contribution in [1.29, 1.82) is 0 Å². The van der Waals surface area contributed by atoms with Crippen molar-refractivity contribution in [3.63, 3.8) is 0 Å². The summed E-state index contributed by atoms with van der Waals surface area (Å²) in [5, 5.41) is 13.2. The number of benzene rings is 2. The number of piperidine rings is 1. The summed E-state index contributed by atoms with van der Waals surface area (Å²) < 4.78 is 0. The van der Waals surface area contributed by atoms with Gasteiger partial charge in [0.25, 0.3) is 0 Å². The quantitative estimate of drug-likeness (QED) is 0.898. The maximum absolute atomic E-state index is 12.7. The number of aliphatic hydroxyl groups is 1. The van der Waals surface area contributed by atoms with Gasteiger partial charge in [0, 0.05) is 17.8 Å². The molecular weight excluding hydrogens is 312 g/mol. The van der Waals surface area contributed by atoms with Gasteiger partial charge in [-0.15, -0.1) is 0 Å². The lowest BCUT2D eigenvalue weighted by Gasteiger charge is -2.37. The largest absolute Gasteiger partial charge is 0.392 e. The van der Waals surface area contributed by atoms with Crippen LogP contribution in [0.3, 0.4) is 0 Å². The fourth-order valence-corrected chi connectivity index (χ4v) is 3.29. The van der Waals surface area contributed by atoms with Crippen LogP contribution >= 0.6 is 0 Å². The van der Waals surface area contributed by atoms with E-state index >= 15 is 0 Å². The molecule has 3 unspecified atom stereocenters. The van der Waals surface area contributed by atoms with Crippen LogP contribution < -0.4 is 5.32 Å². The maximum Gasteiger partial charge on any atom is 0.241 e. The number of carbonyl (C=O) groups is 1. The highest BCUT2D eigenvalue weighted by Crippen LogP contribution is 2.28. The Morgan fingerprint density at radius 1 is 1.16 bits per heavy atom. The molecule has 0 spiro atoms. The van der Waals surface area contributed by atoms with E-state index in [1.165, 1.54) is 0 Å². The van der Waals surface area contributed by atoms with Crippen LogP contribution in [0.2, 0.25) is 0 Å². The van der Waals surface area contributed by atoms with Gasteiger partial charge in [-0.2, -0.15) is 0 Å². The summed E-state index contributed by atoms with van der Waals surface area (Å²) in [6, 6.07) is 17.6. The first-order valence-corrected chi connectivity index (χ1v) is 8.93. The van der Waals surface area contributed by atoms with Crippen molar-refractivity contribution < 1.29 is 9.90 Å². The number of β-amino-alcohol motifs (C(OH)–C–C–N with tert-alkyl or cyclic N) is 1. The van der Waals surface area contributed by atoms with Gasteiger partial charge in [0.1, 0.15) is 0 Å². The van der Waals surface area contributed by atoms with E-state index in [1.807, 2.05) is 61.5 Å². The van der Waals surface area contributed by atoms with Crippen LogP contribution in [0.5, 0.6) is 0 Å². The number of aliphatic hydroxyl groups excluding tert-OH is 1. The second-order valence-corrected chi connectivity index (χ2v) is 6.91. The summed E-state index contributed by atoms with van der Waals surface area (Å²) in [6.45, 7) is 5.36. The van der Waals surface area contributed by atoms with Gasteiger partial charge in [-0.05, 0) is 37.4 Å². The molecule has 2 aromatic carbocycles. The number of para-hydroxylation sites is 1. The molecule has 1 amide bonds. The first-order chi connectivity index (χ1) is 12.1. The van der Waals surface area contributed by atoms with Gasteiger partial charge in [-0.3, -0.25) is 9.69 Å². The average molecular weight is 338 g/mol. The van der Waals surface area contributed by atoms with Gasteiger partial charge in [0.2, 0.25) is 5.91 Å². The Labute approximate surface area is 149 Å². The highest BCUT2D eigenvalue weighted by molar-refractivity contribution is 5.98. The number of nitrogens with one attached hydrogen (secondary N) is 1. The Kier molecular flexibility index (Phi) is 5.51. The Morgan fingerprint density at radius 3 is 2.56 bits per heavy atom. The van der Waals surface area contributed by atoms with Crippen molar-refractivity contribution >= 4 is 11.6 Å². The van der Waals surface area contributed by atoms with E-state index in [1.54, 1.807) is 0 Å². The molecule has 0 radical (unpaired) electrons. The predicted octanol–water partition coefficient (Wildman–Crippen LogP) is 3.38. The third kappa shape index (κ3) is 4.09. The van der Waals surface area contributed by atoms with E-state index in [0.29, 0.717) is 12.5 Å². The van der Waals surface area contributed by atoms with Crippen molar-refractivity contribution in [3.8, 4) is 11.1 Å². The number of likely N-dealkylation sites (tertiary alicyclic amines) is 1. The molecule has 25 heavy (non-hydrogen) atoms. The van der Waals surface area contributed by atoms with E-state index in [0.717, 1.165) is 29.8 Å². The van der Waals surface area contributed by atoms with E-state index < -0.39 is 0 Å². The maximum atomic E-state index is 12.7. The molecule has 1 saturated heterocycles. The van der Waals surface area contributed by atoms with E-state index in [9.17, 15) is 9.90 Å². The van der Waals surface area contributed by atoms with Gasteiger partial charge in [-0.1, -0.05) is 55.5 Å². The van der Waals surface area contributed by atoms with Crippen LogP contribution in [0.25, 0.3) is 11.1 Å². The number of nitrogens with zero attached hydrogens (tertiary/aromatic N) is 1. The standard InChI is InChI=1S/C21H26N2O2/c1-15-12-13-23(14-20(15)24)16(2)21(25)22-19-11-7-6-10-18(19)17-8-4-3-5-9-17/h3-11,15-16,20,24H,12-14H2,1-2H3,(H,22,25). The molecule has 0 aromatic heterocycles. The van der Waals surface area contributed by atoms with E-state index in [-0.39, 0.29) is 18.1 Å². The summed E-state index contributed by atoms with van der Waals surface area (Å²) in [5.41, 5.74) is 2.90. The smallest absolute Gasteiger partial charge is 0.241 e. The van der Waals surface area contributed by atoms with Gasteiger partial charge in [-0.25, -0.2) is 0 Å². The lowest BCUT2D eigenvalue weighted by molar-refractivity contribution is -0.122. The van der Waals surface area contributed by atoms with Gasteiger partial charge in [0.05, 0.1) is 12.1 Å². The monoisotopic (exact) mass is 338 g/mol. The molecule has 3 atom stereocenters. The van der Waals surface area contributed by atoms with Gasteiger partial charge in [0.15, 0.2) is 0 Å². The molecule has 1 heterocycles. The van der Waals surface area contributed by atoms with Crippen LogP contribution in [0.15, 0.2) is 54.6 Å². The van der Waals surface area contributed by atoms with Gasteiger partial charge < -0.3 is 10.4 Å². The van der Waals surface area contributed by atoms with Crippen LogP contribution in [0.1, 0.15) is 20.3 Å². The fourth-order valence-electron chi connectivity index (χ4n) is 3.29. The summed E-state index contributed by atoms with van der Waals surface area (Å²) in [7, 11) is 0. The first kappa shape index (κ1) is 17.6. The average Bonchev–Trinajstić information content (AvgIpc) is 2.64. The minimum absolute atomic E-state index is 0.0369. The molecule has 1 fully saturated rings. The molecule has 1 aliphatic rings. The first-order valence-electron chi connectivity index (χ1n) is 8.93. The number of amides is 1. The molecule has 0 aliphatic carbocycles. The third-order valence-corrected chi connectivity index (χ3v) is 5.15. The Bertz CT molecular complexity index is 717. The highest BCUT2D eigenvalue weighted by atomic mass is 16.3. The van der Waals surface area contributed by atoms with Crippen LogP contribution in [-0.4, -0.2) is 41.1 Å². The Balaban J connectivity index is 1.73. The number of anilines is 1. The lowest BCUT2D eigenvalue weighted by atomic mass is 9.95. The molecule has 132 valence electrons. The molecule has 0 bridgehead atoms. The Hall–Kier alpha value is -2.17. The van der Waals surface area contributed by atoms with Crippen LogP contribution in [0.4, 0.5) is 5.69 Å². The topological polar surface area (TPSA) is 52.6 Å². The SMILES string of the molecule is CC1CCN(C(C)C(=O)Nc2ccccc2-c2ccccc2)CC1O. The molecule has 4 nitrogen and oxygen atoms in total. The molecule has 0 saturated carbocycles. The van der Waals surface area contributed by atoms with E-state index in [4.69, 9.17) is 0 Å². The third-order valence-electron chi connectivity index (χ3n) is 5.15. The van der Waals surface area contributed by atoms with Crippen molar-refractivity contribution in [2.45, 2.75) is 32.4 Å². The Morgan fingerprint density at radius 2 is 1.84 bits per heavy atom. The number of hydrogen-bond acceptors (Lipinski definition) is 3. The normalized spacial score (nSPS) is 22.4.